The fraction of sp³-hybridized carbons (Fsp3) is 0.476. The molecular weight excluding hydrogens is 358 g/mol. The van der Waals surface area contributed by atoms with Crippen LogP contribution in [-0.4, -0.2) is 33.7 Å². The minimum atomic E-state index is -2.36. The Balaban J connectivity index is 2.91. The standard InChI is InChI=1S/C21H29NO4Si/c1-9-17(27(7,8)20(3,4)5)21(19(24)26-10-2)15-13-14(25-6)11-12-16(15)22-18(21)23/h11-13H,1,10H2,2-8H3,(H,22,23). The van der Waals surface area contributed by atoms with E-state index in [9.17, 15) is 9.59 Å². The average molecular weight is 388 g/mol. The second-order valence-electron chi connectivity index (χ2n) is 8.26. The van der Waals surface area contributed by atoms with E-state index in [1.165, 1.54) is 0 Å². The molecule has 1 N–H and O–H groups in total. The van der Waals surface area contributed by atoms with Crippen molar-refractivity contribution >= 4 is 25.6 Å². The summed E-state index contributed by atoms with van der Waals surface area (Å²) < 4.78 is 10.8. The highest BCUT2D eigenvalue weighted by Crippen LogP contribution is 2.52. The number of carbonyl (C=O) groups excluding carboxylic acids is 2. The molecule has 1 heterocycles. The first-order valence-electron chi connectivity index (χ1n) is 9.06. The number of hydrogen-bond donors (Lipinski definition) is 1. The van der Waals surface area contributed by atoms with Gasteiger partial charge >= 0.3 is 5.97 Å². The third-order valence-corrected chi connectivity index (χ3v) is 11.4. The van der Waals surface area contributed by atoms with Crippen molar-refractivity contribution in [3.63, 3.8) is 0 Å². The van der Waals surface area contributed by atoms with E-state index >= 15 is 0 Å². The van der Waals surface area contributed by atoms with E-state index in [-0.39, 0.29) is 11.6 Å². The zero-order valence-electron chi connectivity index (χ0n) is 17.3. The molecule has 27 heavy (non-hydrogen) atoms. The van der Waals surface area contributed by atoms with Gasteiger partial charge in [0.1, 0.15) is 5.75 Å². The van der Waals surface area contributed by atoms with Gasteiger partial charge in [0.25, 0.3) is 5.91 Å². The van der Waals surface area contributed by atoms with Gasteiger partial charge < -0.3 is 14.8 Å². The summed E-state index contributed by atoms with van der Waals surface area (Å²) >= 11 is 0. The minimum absolute atomic E-state index is 0.131. The number of carbonyl (C=O) groups is 2. The molecule has 0 aliphatic carbocycles. The maximum atomic E-state index is 13.3. The number of hydrogen-bond acceptors (Lipinski definition) is 4. The first kappa shape index (κ1) is 21.0. The quantitative estimate of drug-likeness (QED) is 0.356. The molecule has 1 unspecified atom stereocenters. The van der Waals surface area contributed by atoms with Crippen LogP contribution in [-0.2, 0) is 19.7 Å². The van der Waals surface area contributed by atoms with Crippen molar-refractivity contribution in [3.05, 3.63) is 41.3 Å². The molecule has 0 saturated heterocycles. The molecule has 0 radical (unpaired) electrons. The van der Waals surface area contributed by atoms with Gasteiger partial charge in [-0.25, -0.2) is 0 Å². The summed E-state index contributed by atoms with van der Waals surface area (Å²) in [5, 5.41) is 3.36. The molecule has 146 valence electrons. The summed E-state index contributed by atoms with van der Waals surface area (Å²) in [5.74, 6) is -0.441. The summed E-state index contributed by atoms with van der Waals surface area (Å²) in [4.78, 5) is 26.6. The normalized spacial score (nSPS) is 19.0. The summed E-state index contributed by atoms with van der Waals surface area (Å²) in [6.07, 6.45) is 0. The molecule has 1 atom stereocenters. The second kappa shape index (κ2) is 7.02. The molecule has 1 aromatic rings. The highest BCUT2D eigenvalue weighted by molar-refractivity contribution is 6.88. The number of benzene rings is 1. The van der Waals surface area contributed by atoms with Gasteiger partial charge in [0.2, 0.25) is 0 Å². The molecule has 1 aliphatic rings. The molecule has 2 rings (SSSR count). The van der Waals surface area contributed by atoms with Gasteiger partial charge in [-0.1, -0.05) is 40.4 Å². The first-order valence-corrected chi connectivity index (χ1v) is 12.1. The number of rotatable bonds is 5. The monoisotopic (exact) mass is 387 g/mol. The van der Waals surface area contributed by atoms with Gasteiger partial charge in [-0.15, -0.1) is 5.73 Å². The summed E-state index contributed by atoms with van der Waals surface area (Å²) in [6.45, 7) is 16.4. The average Bonchev–Trinajstić information content (AvgIpc) is 2.87. The van der Waals surface area contributed by atoms with E-state index in [2.05, 4.69) is 51.5 Å². The third-order valence-electron chi connectivity index (χ3n) is 5.85. The smallest absolute Gasteiger partial charge is 0.330 e. The van der Waals surface area contributed by atoms with Gasteiger partial charge in [-0.2, -0.15) is 0 Å². The van der Waals surface area contributed by atoms with E-state index in [0.717, 1.165) is 0 Å². The van der Waals surface area contributed by atoms with Crippen LogP contribution in [0.25, 0.3) is 0 Å². The lowest BCUT2D eigenvalue weighted by Crippen LogP contribution is -2.55. The van der Waals surface area contributed by atoms with Gasteiger partial charge in [0.15, 0.2) is 5.41 Å². The molecule has 1 amide bonds. The summed E-state index contributed by atoms with van der Waals surface area (Å²) in [5.41, 5.74) is 2.54. The first-order chi connectivity index (χ1) is 12.5. The number of fused-ring (bicyclic) bond motifs is 1. The van der Waals surface area contributed by atoms with Gasteiger partial charge in [-0.3, -0.25) is 9.59 Å². The Morgan fingerprint density at radius 1 is 1.33 bits per heavy atom. The number of anilines is 1. The SMILES string of the molecule is C=C=C(C1(C(=O)OCC)C(=O)Nc2ccc(OC)cc21)[Si](C)(C)C(C)(C)C. The second-order valence-corrected chi connectivity index (χ2v) is 13.5. The molecule has 6 heteroatoms. The van der Waals surface area contributed by atoms with Crippen molar-refractivity contribution < 1.29 is 19.1 Å². The molecule has 0 aromatic heterocycles. The van der Waals surface area contributed by atoms with Crippen molar-refractivity contribution in [2.45, 2.75) is 51.2 Å². The Kier molecular flexibility index (Phi) is 5.46. The highest BCUT2D eigenvalue weighted by atomic mass is 28.3. The van der Waals surface area contributed by atoms with E-state index in [0.29, 0.717) is 22.2 Å². The predicted molar refractivity (Wildman–Crippen MR) is 110 cm³/mol. The van der Waals surface area contributed by atoms with E-state index in [1.54, 1.807) is 32.2 Å². The van der Waals surface area contributed by atoms with E-state index < -0.39 is 25.4 Å². The molecular formula is C21H29NO4Si. The van der Waals surface area contributed by atoms with Crippen LogP contribution in [0.5, 0.6) is 5.75 Å². The molecule has 0 fully saturated rings. The molecule has 1 aliphatic heterocycles. The number of amides is 1. The van der Waals surface area contributed by atoms with Crippen LogP contribution in [0.1, 0.15) is 33.3 Å². The van der Waals surface area contributed by atoms with Crippen molar-refractivity contribution in [2.75, 3.05) is 19.0 Å². The van der Waals surface area contributed by atoms with Crippen LogP contribution in [0.3, 0.4) is 0 Å². The fourth-order valence-electron chi connectivity index (χ4n) is 3.40. The fourth-order valence-corrected chi connectivity index (χ4v) is 5.88. The Morgan fingerprint density at radius 3 is 2.44 bits per heavy atom. The zero-order chi connectivity index (χ0) is 20.6. The van der Waals surface area contributed by atoms with Crippen LogP contribution < -0.4 is 10.1 Å². The topological polar surface area (TPSA) is 64.6 Å². The maximum Gasteiger partial charge on any atom is 0.330 e. The summed E-state index contributed by atoms with van der Waals surface area (Å²) in [6, 6.07) is 5.23. The van der Waals surface area contributed by atoms with Crippen LogP contribution in [0.2, 0.25) is 18.1 Å². The van der Waals surface area contributed by atoms with Crippen molar-refractivity contribution in [3.8, 4) is 5.75 Å². The highest BCUT2D eigenvalue weighted by Gasteiger charge is 2.62. The van der Waals surface area contributed by atoms with E-state index in [1.807, 2.05) is 0 Å². The van der Waals surface area contributed by atoms with E-state index in [4.69, 9.17) is 9.47 Å². The minimum Gasteiger partial charge on any atom is -0.497 e. The molecule has 0 saturated carbocycles. The van der Waals surface area contributed by atoms with Gasteiger partial charge in [0, 0.05) is 11.3 Å². The lowest BCUT2D eigenvalue weighted by Gasteiger charge is -2.43. The van der Waals surface area contributed by atoms with Crippen molar-refractivity contribution in [1.29, 1.82) is 0 Å². The third kappa shape index (κ3) is 3.03. The van der Waals surface area contributed by atoms with Crippen LogP contribution in [0, 0.1) is 0 Å². The van der Waals surface area contributed by atoms with Crippen molar-refractivity contribution in [1.82, 2.24) is 0 Å². The zero-order valence-corrected chi connectivity index (χ0v) is 18.3. The Hall–Kier alpha value is -2.30. The Bertz CT molecular complexity index is 831. The van der Waals surface area contributed by atoms with Gasteiger partial charge in [0.05, 0.1) is 21.8 Å². The molecule has 0 bridgehead atoms. The molecule has 0 spiro atoms. The van der Waals surface area contributed by atoms with Crippen LogP contribution in [0.15, 0.2) is 35.7 Å². The number of ether oxygens (including phenoxy) is 2. The predicted octanol–water partition coefficient (Wildman–Crippen LogP) is 4.21. The lowest BCUT2D eigenvalue weighted by molar-refractivity contribution is -0.151. The Labute approximate surface area is 162 Å². The lowest BCUT2D eigenvalue weighted by atomic mass is 9.80. The van der Waals surface area contributed by atoms with Crippen LogP contribution >= 0.6 is 0 Å². The Morgan fingerprint density at radius 2 is 1.96 bits per heavy atom. The number of esters is 1. The van der Waals surface area contributed by atoms with Crippen LogP contribution in [0.4, 0.5) is 5.69 Å². The molecule has 5 nitrogen and oxygen atoms in total. The van der Waals surface area contributed by atoms with Gasteiger partial charge in [-0.05, 0) is 35.4 Å². The maximum absolute atomic E-state index is 13.3. The van der Waals surface area contributed by atoms with Crippen molar-refractivity contribution in [2.24, 2.45) is 0 Å². The number of methoxy groups -OCH3 is 1. The molecule has 1 aromatic carbocycles. The largest absolute Gasteiger partial charge is 0.497 e. The summed E-state index contributed by atoms with van der Waals surface area (Å²) in [7, 11) is -0.809. The number of nitrogens with one attached hydrogen (secondary N) is 1.